The summed E-state index contributed by atoms with van der Waals surface area (Å²) in [6.07, 6.45) is 3.63. The van der Waals surface area contributed by atoms with Gasteiger partial charge in [-0.05, 0) is 35.6 Å². The van der Waals surface area contributed by atoms with E-state index >= 15 is 0 Å². The largest absolute Gasteiger partial charge is 0.294 e. The number of ketones is 1. The molecule has 0 radical (unpaired) electrons. The predicted molar refractivity (Wildman–Crippen MR) is 87.7 cm³/mol. The second-order valence-corrected chi connectivity index (χ2v) is 5.37. The Hall–Kier alpha value is -2.41. The number of rotatable bonds is 2. The summed E-state index contributed by atoms with van der Waals surface area (Å²) in [5.41, 5.74) is 5.47. The van der Waals surface area contributed by atoms with E-state index in [-0.39, 0.29) is 5.78 Å². The molecule has 3 rings (SSSR count). The first-order chi connectivity index (χ1) is 10.3. The Morgan fingerprint density at radius 1 is 0.857 bits per heavy atom. The van der Waals surface area contributed by atoms with E-state index in [0.717, 1.165) is 23.1 Å². The van der Waals surface area contributed by atoms with Crippen LogP contribution in [0.4, 0.5) is 0 Å². The highest BCUT2D eigenvalue weighted by Crippen LogP contribution is 2.34. The Kier molecular flexibility index (Phi) is 3.83. The van der Waals surface area contributed by atoms with Crippen LogP contribution in [0.5, 0.6) is 0 Å². The molecule has 2 aromatic carbocycles. The Balaban J connectivity index is 2.07. The number of Topliss-reactive ketones (excluding diaryl/α,β-unsaturated/α-hetero) is 1. The fourth-order valence-electron chi connectivity index (χ4n) is 2.84. The van der Waals surface area contributed by atoms with Crippen LogP contribution >= 0.6 is 0 Å². The van der Waals surface area contributed by atoms with Crippen LogP contribution < -0.4 is 0 Å². The molecular formula is C20H18O. The lowest BCUT2D eigenvalue weighted by Crippen LogP contribution is -2.11. The van der Waals surface area contributed by atoms with E-state index in [9.17, 15) is 4.79 Å². The number of carbonyl (C=O) groups is 1. The standard InChI is InChI=1S/C20H18O/c1-15-18(14-16-8-4-2-5-9-16)12-13-19(21)20(15)17-10-6-3-7-11-17/h2-11,14H,12-13H2,1H3/b18-14-. The molecule has 1 aliphatic rings. The van der Waals surface area contributed by atoms with Gasteiger partial charge in [-0.25, -0.2) is 0 Å². The molecule has 0 bridgehead atoms. The van der Waals surface area contributed by atoms with Gasteiger partial charge in [-0.1, -0.05) is 66.7 Å². The molecule has 0 heterocycles. The second-order valence-electron chi connectivity index (χ2n) is 5.37. The topological polar surface area (TPSA) is 17.1 Å². The van der Waals surface area contributed by atoms with Gasteiger partial charge in [0.15, 0.2) is 5.78 Å². The van der Waals surface area contributed by atoms with E-state index in [2.05, 4.69) is 25.1 Å². The third-order valence-corrected chi connectivity index (χ3v) is 3.96. The van der Waals surface area contributed by atoms with E-state index in [4.69, 9.17) is 0 Å². The van der Waals surface area contributed by atoms with Crippen molar-refractivity contribution in [1.29, 1.82) is 0 Å². The molecular weight excluding hydrogens is 256 g/mol. The minimum absolute atomic E-state index is 0.254. The molecule has 0 fully saturated rings. The third-order valence-electron chi connectivity index (χ3n) is 3.96. The van der Waals surface area contributed by atoms with Gasteiger partial charge in [-0.15, -0.1) is 0 Å². The molecule has 1 aliphatic carbocycles. The summed E-state index contributed by atoms with van der Waals surface area (Å²) >= 11 is 0. The van der Waals surface area contributed by atoms with Gasteiger partial charge in [0.05, 0.1) is 0 Å². The van der Waals surface area contributed by atoms with Crippen molar-refractivity contribution in [3.63, 3.8) is 0 Å². The van der Waals surface area contributed by atoms with Crippen molar-refractivity contribution in [3.8, 4) is 0 Å². The Labute approximate surface area is 125 Å². The molecule has 0 N–H and O–H groups in total. The van der Waals surface area contributed by atoms with Crippen molar-refractivity contribution < 1.29 is 4.79 Å². The first-order valence-electron chi connectivity index (χ1n) is 7.31. The normalized spacial score (nSPS) is 17.4. The molecule has 0 unspecified atom stereocenters. The second kappa shape index (κ2) is 5.92. The zero-order valence-electron chi connectivity index (χ0n) is 12.2. The summed E-state index contributed by atoms with van der Waals surface area (Å²) < 4.78 is 0. The molecule has 0 spiro atoms. The number of carbonyl (C=O) groups excluding carboxylic acids is 1. The zero-order chi connectivity index (χ0) is 14.7. The molecule has 2 aromatic rings. The third kappa shape index (κ3) is 2.87. The first kappa shape index (κ1) is 13.6. The lowest BCUT2D eigenvalue weighted by Gasteiger charge is -2.20. The summed E-state index contributed by atoms with van der Waals surface area (Å²) in [7, 11) is 0. The maximum absolute atomic E-state index is 12.3. The van der Waals surface area contributed by atoms with Gasteiger partial charge in [0.1, 0.15) is 0 Å². The maximum Gasteiger partial charge on any atom is 0.164 e. The molecule has 104 valence electrons. The van der Waals surface area contributed by atoms with Gasteiger partial charge in [0.25, 0.3) is 0 Å². The van der Waals surface area contributed by atoms with Gasteiger partial charge < -0.3 is 0 Å². The SMILES string of the molecule is CC1=C(c2ccccc2)C(=O)CC/C1=C/c1ccccc1. The number of hydrogen-bond acceptors (Lipinski definition) is 1. The van der Waals surface area contributed by atoms with Crippen molar-refractivity contribution in [2.75, 3.05) is 0 Å². The minimum Gasteiger partial charge on any atom is -0.294 e. The minimum atomic E-state index is 0.254. The van der Waals surface area contributed by atoms with Crippen molar-refractivity contribution in [2.45, 2.75) is 19.8 Å². The van der Waals surface area contributed by atoms with Crippen LogP contribution in [-0.4, -0.2) is 5.78 Å². The molecule has 0 aromatic heterocycles. The monoisotopic (exact) mass is 274 g/mol. The zero-order valence-corrected chi connectivity index (χ0v) is 12.2. The van der Waals surface area contributed by atoms with E-state index in [1.807, 2.05) is 48.5 Å². The fourth-order valence-corrected chi connectivity index (χ4v) is 2.84. The van der Waals surface area contributed by atoms with Crippen LogP contribution in [0.15, 0.2) is 71.8 Å². The van der Waals surface area contributed by atoms with Gasteiger partial charge >= 0.3 is 0 Å². The van der Waals surface area contributed by atoms with Crippen LogP contribution in [-0.2, 0) is 4.79 Å². The van der Waals surface area contributed by atoms with Crippen LogP contribution in [0.3, 0.4) is 0 Å². The Bertz CT molecular complexity index is 706. The van der Waals surface area contributed by atoms with Crippen LogP contribution in [0.25, 0.3) is 11.6 Å². The molecule has 0 atom stereocenters. The summed E-state index contributed by atoms with van der Waals surface area (Å²) in [6, 6.07) is 20.3. The van der Waals surface area contributed by atoms with E-state index in [1.54, 1.807) is 0 Å². The average molecular weight is 274 g/mol. The number of hydrogen-bond donors (Lipinski definition) is 0. The molecule has 0 aliphatic heterocycles. The highest BCUT2D eigenvalue weighted by Gasteiger charge is 2.22. The maximum atomic E-state index is 12.3. The Morgan fingerprint density at radius 3 is 2.14 bits per heavy atom. The van der Waals surface area contributed by atoms with Crippen molar-refractivity contribution in [3.05, 3.63) is 82.9 Å². The molecule has 1 heteroatoms. The van der Waals surface area contributed by atoms with Crippen molar-refractivity contribution in [2.24, 2.45) is 0 Å². The lowest BCUT2D eigenvalue weighted by molar-refractivity contribution is -0.113. The summed E-state index contributed by atoms with van der Waals surface area (Å²) in [6.45, 7) is 2.06. The van der Waals surface area contributed by atoms with E-state index < -0.39 is 0 Å². The summed E-state index contributed by atoms with van der Waals surface area (Å²) in [4.78, 5) is 12.3. The van der Waals surface area contributed by atoms with Crippen LogP contribution in [0.1, 0.15) is 30.9 Å². The number of benzene rings is 2. The van der Waals surface area contributed by atoms with Crippen molar-refractivity contribution in [1.82, 2.24) is 0 Å². The highest BCUT2D eigenvalue weighted by molar-refractivity contribution is 6.23. The molecule has 0 saturated heterocycles. The molecule has 0 saturated carbocycles. The van der Waals surface area contributed by atoms with E-state index in [1.165, 1.54) is 11.1 Å². The molecule has 21 heavy (non-hydrogen) atoms. The fraction of sp³-hybridized carbons (Fsp3) is 0.150. The van der Waals surface area contributed by atoms with E-state index in [0.29, 0.717) is 6.42 Å². The average Bonchev–Trinajstić information content (AvgIpc) is 2.52. The van der Waals surface area contributed by atoms with Crippen LogP contribution in [0, 0.1) is 0 Å². The smallest absolute Gasteiger partial charge is 0.164 e. The predicted octanol–water partition coefficient (Wildman–Crippen LogP) is 4.91. The lowest BCUT2D eigenvalue weighted by atomic mass is 9.83. The van der Waals surface area contributed by atoms with Crippen molar-refractivity contribution >= 4 is 17.4 Å². The Morgan fingerprint density at radius 2 is 1.48 bits per heavy atom. The van der Waals surface area contributed by atoms with Gasteiger partial charge in [0.2, 0.25) is 0 Å². The quantitative estimate of drug-likeness (QED) is 0.760. The first-order valence-corrected chi connectivity index (χ1v) is 7.31. The summed E-state index contributed by atoms with van der Waals surface area (Å²) in [5, 5.41) is 0. The molecule has 0 amide bonds. The number of allylic oxidation sites excluding steroid dienone is 3. The summed E-state index contributed by atoms with van der Waals surface area (Å²) in [5.74, 6) is 0.254. The van der Waals surface area contributed by atoms with Gasteiger partial charge in [-0.3, -0.25) is 4.79 Å². The van der Waals surface area contributed by atoms with Gasteiger partial charge in [-0.2, -0.15) is 0 Å². The molecule has 1 nitrogen and oxygen atoms in total. The van der Waals surface area contributed by atoms with Crippen LogP contribution in [0.2, 0.25) is 0 Å². The highest BCUT2D eigenvalue weighted by atomic mass is 16.1. The van der Waals surface area contributed by atoms with Gasteiger partial charge in [0, 0.05) is 12.0 Å².